The molecule has 0 aliphatic carbocycles. The molecule has 21 heavy (non-hydrogen) atoms. The first-order chi connectivity index (χ1) is 9.49. The van der Waals surface area contributed by atoms with E-state index in [0.717, 1.165) is 23.2 Å². The van der Waals surface area contributed by atoms with Crippen molar-refractivity contribution in [3.8, 4) is 0 Å². The van der Waals surface area contributed by atoms with Gasteiger partial charge in [-0.2, -0.15) is 0 Å². The van der Waals surface area contributed by atoms with Gasteiger partial charge in [-0.15, -0.1) is 0 Å². The zero-order chi connectivity index (χ0) is 15.1. The third-order valence-corrected chi connectivity index (χ3v) is 3.12. The molecule has 0 unspecified atom stereocenters. The molecule has 1 amide bonds. The Morgan fingerprint density at radius 3 is 2.57 bits per heavy atom. The van der Waals surface area contributed by atoms with Gasteiger partial charge in [0.05, 0.1) is 11.3 Å². The average Bonchev–Trinajstić information content (AvgIpc) is 2.38. The highest BCUT2D eigenvalue weighted by Crippen LogP contribution is 2.25. The minimum atomic E-state index is -0.447. The maximum absolute atomic E-state index is 11.7. The average molecular weight is 295 g/mol. The molecule has 0 radical (unpaired) electrons. The van der Waals surface area contributed by atoms with Gasteiger partial charge in [0.2, 0.25) is 0 Å². The summed E-state index contributed by atoms with van der Waals surface area (Å²) in [6.45, 7) is 4.69. The highest BCUT2D eigenvalue weighted by Gasteiger charge is 2.14. The van der Waals surface area contributed by atoms with Crippen LogP contribution in [0.4, 0.5) is 5.69 Å². The second kappa shape index (κ2) is 9.37. The Hall–Kier alpha value is -1.59. The number of amides is 1. The van der Waals surface area contributed by atoms with E-state index in [-0.39, 0.29) is 20.1 Å². The van der Waals surface area contributed by atoms with E-state index in [1.165, 1.54) is 0 Å². The van der Waals surface area contributed by atoms with Gasteiger partial charge in [-0.05, 0) is 43.4 Å². The van der Waals surface area contributed by atoms with E-state index in [0.29, 0.717) is 24.9 Å². The van der Waals surface area contributed by atoms with Crippen molar-refractivity contribution < 1.29 is 9.90 Å². The van der Waals surface area contributed by atoms with E-state index in [1.807, 2.05) is 19.9 Å². The Morgan fingerprint density at radius 1 is 1.43 bits per heavy atom. The van der Waals surface area contributed by atoms with Gasteiger partial charge in [-0.1, -0.05) is 20.4 Å². The van der Waals surface area contributed by atoms with Crippen LogP contribution in [0.2, 0.25) is 0 Å². The molecule has 0 aliphatic rings. The van der Waals surface area contributed by atoms with Crippen LogP contribution in [0.25, 0.3) is 0 Å². The number of aliphatic hydroxyl groups is 1. The fourth-order valence-corrected chi connectivity index (χ4v) is 2.23. The minimum Gasteiger partial charge on any atom is -0.396 e. The predicted molar refractivity (Wildman–Crippen MR) is 88.6 cm³/mol. The first kappa shape index (κ1) is 19.4. The maximum atomic E-state index is 11.7. The molecule has 0 aromatic heterocycles. The normalized spacial score (nSPS) is 11.6. The summed E-state index contributed by atoms with van der Waals surface area (Å²) in [5, 5.41) is 12.1. The lowest BCUT2D eigenvalue weighted by Crippen LogP contribution is -2.20. The second-order valence-electron chi connectivity index (χ2n) is 5.08. The molecular formula is C16H29N3O2. The number of carbonyl (C=O) groups is 1. The number of hydrogen-bond acceptors (Lipinski definition) is 4. The van der Waals surface area contributed by atoms with Crippen molar-refractivity contribution in [2.45, 2.75) is 46.6 Å². The molecule has 6 N–H and O–H groups in total. The van der Waals surface area contributed by atoms with Crippen molar-refractivity contribution in [3.05, 3.63) is 28.8 Å². The fraction of sp³-hybridized carbons (Fsp3) is 0.562. The molecule has 0 saturated carbocycles. The molecule has 5 heteroatoms. The van der Waals surface area contributed by atoms with Crippen LogP contribution in [0.5, 0.6) is 0 Å². The zero-order valence-electron chi connectivity index (χ0n) is 12.3. The van der Waals surface area contributed by atoms with Gasteiger partial charge in [0.15, 0.2) is 0 Å². The standard InChI is InChI=1S/C15H25N3O2.CH4/c1-3-12-8-11(7-10(2)16)9-13(15(17)20)14(12)18-5-4-6-19;/h8-10,18-19H,3-7,16H2,1-2H3,(H2,17,20);1H4/t10-;/m1./s1. The van der Waals surface area contributed by atoms with E-state index >= 15 is 0 Å². The van der Waals surface area contributed by atoms with E-state index in [4.69, 9.17) is 16.6 Å². The van der Waals surface area contributed by atoms with Crippen molar-refractivity contribution in [2.75, 3.05) is 18.5 Å². The van der Waals surface area contributed by atoms with Crippen LogP contribution in [0, 0.1) is 0 Å². The Kier molecular flexibility index (Phi) is 8.66. The number of carbonyl (C=O) groups excluding carboxylic acids is 1. The summed E-state index contributed by atoms with van der Waals surface area (Å²) < 4.78 is 0. The first-order valence-electron chi connectivity index (χ1n) is 7.05. The minimum absolute atomic E-state index is 0. The van der Waals surface area contributed by atoms with E-state index in [1.54, 1.807) is 0 Å². The van der Waals surface area contributed by atoms with Crippen LogP contribution in [0.15, 0.2) is 12.1 Å². The molecule has 1 aromatic rings. The third kappa shape index (κ3) is 5.73. The first-order valence-corrected chi connectivity index (χ1v) is 7.05. The lowest BCUT2D eigenvalue weighted by molar-refractivity contribution is 0.100. The molecule has 1 rings (SSSR count). The Bertz CT molecular complexity index is 459. The van der Waals surface area contributed by atoms with E-state index < -0.39 is 5.91 Å². The van der Waals surface area contributed by atoms with Crippen molar-refractivity contribution in [1.82, 2.24) is 0 Å². The van der Waals surface area contributed by atoms with E-state index in [2.05, 4.69) is 11.4 Å². The Balaban J connectivity index is 0.00000400. The molecule has 1 aromatic carbocycles. The number of nitrogens with two attached hydrogens (primary N) is 2. The van der Waals surface area contributed by atoms with Crippen LogP contribution < -0.4 is 16.8 Å². The summed E-state index contributed by atoms with van der Waals surface area (Å²) >= 11 is 0. The SMILES string of the molecule is C.CCc1cc(C[C@@H](C)N)cc(C(N)=O)c1NCCCO. The van der Waals surface area contributed by atoms with Crippen LogP contribution >= 0.6 is 0 Å². The van der Waals surface area contributed by atoms with Crippen molar-refractivity contribution >= 4 is 11.6 Å². The molecule has 0 fully saturated rings. The monoisotopic (exact) mass is 295 g/mol. The highest BCUT2D eigenvalue weighted by molar-refractivity contribution is 5.99. The quantitative estimate of drug-likeness (QED) is 0.548. The van der Waals surface area contributed by atoms with Gasteiger partial charge >= 0.3 is 0 Å². The van der Waals surface area contributed by atoms with Crippen LogP contribution in [0.1, 0.15) is 49.2 Å². The van der Waals surface area contributed by atoms with Gasteiger partial charge in [-0.3, -0.25) is 4.79 Å². The van der Waals surface area contributed by atoms with Gasteiger partial charge in [0.1, 0.15) is 0 Å². The molecule has 0 aliphatic heterocycles. The zero-order valence-corrected chi connectivity index (χ0v) is 12.3. The number of benzene rings is 1. The molecule has 0 heterocycles. The third-order valence-electron chi connectivity index (χ3n) is 3.12. The fourth-order valence-electron chi connectivity index (χ4n) is 2.23. The lowest BCUT2D eigenvalue weighted by Gasteiger charge is -2.17. The van der Waals surface area contributed by atoms with Crippen LogP contribution in [-0.2, 0) is 12.8 Å². The van der Waals surface area contributed by atoms with Gasteiger partial charge in [-0.25, -0.2) is 0 Å². The number of aliphatic hydroxyl groups excluding tert-OH is 1. The van der Waals surface area contributed by atoms with Crippen LogP contribution in [-0.4, -0.2) is 30.2 Å². The number of primary amides is 1. The maximum Gasteiger partial charge on any atom is 0.250 e. The number of nitrogens with one attached hydrogen (secondary N) is 1. The summed E-state index contributed by atoms with van der Waals surface area (Å²) in [7, 11) is 0. The summed E-state index contributed by atoms with van der Waals surface area (Å²) in [6.07, 6.45) is 2.14. The van der Waals surface area contributed by atoms with Crippen molar-refractivity contribution in [1.29, 1.82) is 0 Å². The molecule has 0 spiro atoms. The molecule has 5 nitrogen and oxygen atoms in total. The smallest absolute Gasteiger partial charge is 0.250 e. The summed E-state index contributed by atoms with van der Waals surface area (Å²) in [4.78, 5) is 11.7. The Morgan fingerprint density at radius 2 is 2.10 bits per heavy atom. The summed E-state index contributed by atoms with van der Waals surface area (Å²) in [5.74, 6) is -0.447. The molecule has 0 bridgehead atoms. The lowest BCUT2D eigenvalue weighted by atomic mass is 9.97. The van der Waals surface area contributed by atoms with Crippen molar-refractivity contribution in [3.63, 3.8) is 0 Å². The van der Waals surface area contributed by atoms with Gasteiger partial charge in [0.25, 0.3) is 5.91 Å². The second-order valence-corrected chi connectivity index (χ2v) is 5.08. The molecule has 0 saturated heterocycles. The summed E-state index contributed by atoms with van der Waals surface area (Å²) in [5.41, 5.74) is 14.7. The van der Waals surface area contributed by atoms with Gasteiger partial charge < -0.3 is 21.9 Å². The molecule has 1 atom stereocenters. The van der Waals surface area contributed by atoms with Crippen LogP contribution in [0.3, 0.4) is 0 Å². The number of anilines is 1. The molecular weight excluding hydrogens is 266 g/mol. The predicted octanol–water partition coefficient (Wildman–Crippen LogP) is 1.67. The number of aryl methyl sites for hydroxylation is 1. The highest BCUT2D eigenvalue weighted by atomic mass is 16.3. The molecule has 120 valence electrons. The Labute approximate surface area is 127 Å². The number of hydrogen-bond donors (Lipinski definition) is 4. The summed E-state index contributed by atoms with van der Waals surface area (Å²) in [6, 6.07) is 3.91. The topological polar surface area (TPSA) is 101 Å². The van der Waals surface area contributed by atoms with E-state index in [9.17, 15) is 4.79 Å². The largest absolute Gasteiger partial charge is 0.396 e. The van der Waals surface area contributed by atoms with Crippen molar-refractivity contribution in [2.24, 2.45) is 11.5 Å². The number of rotatable bonds is 8. The van der Waals surface area contributed by atoms with Gasteiger partial charge in [0, 0.05) is 19.2 Å².